The number of alkyl halides is 3. The van der Waals surface area contributed by atoms with Gasteiger partial charge in [0.1, 0.15) is 5.75 Å². The van der Waals surface area contributed by atoms with Gasteiger partial charge in [-0.2, -0.15) is 13.2 Å². The zero-order valence-corrected chi connectivity index (χ0v) is 19.7. The molecule has 1 spiro atoms. The molecule has 2 heterocycles. The van der Waals surface area contributed by atoms with Crippen LogP contribution in [0.3, 0.4) is 0 Å². The average Bonchev–Trinajstić information content (AvgIpc) is 3.44. The smallest absolute Gasteiger partial charge is 0.439 e. The largest absolute Gasteiger partial charge is 0.494 e. The molecule has 0 saturated heterocycles. The second kappa shape index (κ2) is 9.55. The van der Waals surface area contributed by atoms with Gasteiger partial charge < -0.3 is 15.2 Å². The summed E-state index contributed by atoms with van der Waals surface area (Å²) < 4.78 is 47.4. The van der Waals surface area contributed by atoms with Gasteiger partial charge in [-0.15, -0.1) is 0 Å². The minimum absolute atomic E-state index is 0.0272. The number of fused-ring (bicyclic) bond motifs is 2. The predicted molar refractivity (Wildman–Crippen MR) is 126 cm³/mol. The lowest BCUT2D eigenvalue weighted by atomic mass is 9.77. The van der Waals surface area contributed by atoms with Crippen molar-refractivity contribution in [2.24, 2.45) is 0 Å². The molecule has 1 atom stereocenters. The molecule has 2 aromatic carbocycles. The number of rotatable bonds is 7. The number of nitrogens with one attached hydrogen (secondary N) is 2. The maximum Gasteiger partial charge on any atom is 0.439 e. The van der Waals surface area contributed by atoms with Crippen molar-refractivity contribution in [1.29, 1.82) is 0 Å². The number of ether oxygens (including phenoxy) is 1. The van der Waals surface area contributed by atoms with E-state index in [0.29, 0.717) is 36.1 Å². The topological polar surface area (TPSA) is 117 Å². The normalized spacial score (nSPS) is 19.3. The number of H-pyrrole nitrogens is 1. The quantitative estimate of drug-likeness (QED) is 0.412. The number of nitrogens with zero attached hydrogens (tertiary/aromatic N) is 1. The van der Waals surface area contributed by atoms with Gasteiger partial charge >= 0.3 is 11.9 Å². The average molecular weight is 515 g/mol. The number of halogens is 3. The molecule has 0 fully saturated rings. The van der Waals surface area contributed by atoms with E-state index in [9.17, 15) is 27.9 Å². The van der Waals surface area contributed by atoms with Crippen LogP contribution in [0.2, 0.25) is 0 Å². The molecule has 0 saturated carbocycles. The minimum Gasteiger partial charge on any atom is -0.494 e. The van der Waals surface area contributed by atoms with Crippen molar-refractivity contribution >= 4 is 17.1 Å². The number of aromatic nitrogens is 2. The highest BCUT2D eigenvalue weighted by molar-refractivity contribution is 6.27. The monoisotopic (exact) mass is 515 g/mol. The molecule has 3 N–H and O–H groups in total. The van der Waals surface area contributed by atoms with Crippen molar-refractivity contribution in [2.75, 3.05) is 6.61 Å². The Morgan fingerprint density at radius 1 is 1.14 bits per heavy atom. The zero-order valence-electron chi connectivity index (χ0n) is 19.7. The van der Waals surface area contributed by atoms with Crippen LogP contribution in [0.1, 0.15) is 53.8 Å². The number of hydrogen-bond donors (Lipinski definition) is 3. The van der Waals surface area contributed by atoms with Crippen LogP contribution in [0, 0.1) is 0 Å². The summed E-state index contributed by atoms with van der Waals surface area (Å²) in [5.74, 6) is -0.687. The fourth-order valence-electron chi connectivity index (χ4n) is 5.09. The number of aliphatic hydroxyl groups is 1. The fraction of sp³-hybridized carbons (Fsp3) is 0.346. The van der Waals surface area contributed by atoms with Gasteiger partial charge in [0.15, 0.2) is 5.82 Å². The Balaban J connectivity index is 1.46. The number of aliphatic hydroxyl groups excluding tert-OH is 1. The second-order valence-electron chi connectivity index (χ2n) is 9.25. The molecule has 1 aromatic heterocycles. The van der Waals surface area contributed by atoms with Crippen LogP contribution in [-0.2, 0) is 23.4 Å². The first kappa shape index (κ1) is 24.8. The zero-order chi connectivity index (χ0) is 26.2. The van der Waals surface area contributed by atoms with Crippen molar-refractivity contribution in [3.05, 3.63) is 81.1 Å². The summed E-state index contributed by atoms with van der Waals surface area (Å²) in [7, 11) is 0. The first-order valence-electron chi connectivity index (χ1n) is 11.8. The summed E-state index contributed by atoms with van der Waals surface area (Å²) in [5, 5.41) is 16.3. The lowest BCUT2D eigenvalue weighted by Gasteiger charge is -2.37. The van der Waals surface area contributed by atoms with Crippen molar-refractivity contribution in [3.8, 4) is 5.75 Å². The van der Waals surface area contributed by atoms with Gasteiger partial charge in [0.05, 0.1) is 24.3 Å². The number of benzene rings is 2. The Morgan fingerprint density at radius 2 is 1.92 bits per heavy atom. The van der Waals surface area contributed by atoms with Gasteiger partial charge in [-0.05, 0) is 59.2 Å². The Kier molecular flexibility index (Phi) is 6.40. The van der Waals surface area contributed by atoms with Gasteiger partial charge in [0, 0.05) is 12.8 Å². The number of carbonyl (C=O) groups is 1. The van der Waals surface area contributed by atoms with Crippen molar-refractivity contribution in [1.82, 2.24) is 15.5 Å². The molecule has 2 aliphatic rings. The molecule has 5 rings (SSSR count). The molecular formula is C26H24F3N3O5. The van der Waals surface area contributed by atoms with E-state index in [0.717, 1.165) is 16.7 Å². The Bertz CT molecular complexity index is 1410. The van der Waals surface area contributed by atoms with Crippen LogP contribution in [-0.4, -0.2) is 33.9 Å². The van der Waals surface area contributed by atoms with Crippen molar-refractivity contribution in [2.45, 2.75) is 50.4 Å². The molecule has 8 nitrogen and oxygen atoms in total. The molecule has 1 amide bonds. The number of carbonyl (C=O) groups excluding carboxylic acids is 1. The van der Waals surface area contributed by atoms with Gasteiger partial charge in [0.2, 0.25) is 0 Å². The highest BCUT2D eigenvalue weighted by Crippen LogP contribution is 2.48. The summed E-state index contributed by atoms with van der Waals surface area (Å²) >= 11 is 0. The first-order valence-corrected chi connectivity index (χ1v) is 11.8. The number of amides is 1. The molecule has 37 heavy (non-hydrogen) atoms. The highest BCUT2D eigenvalue weighted by Gasteiger charge is 2.46. The van der Waals surface area contributed by atoms with Crippen LogP contribution in [0.15, 0.2) is 51.8 Å². The lowest BCUT2D eigenvalue weighted by Crippen LogP contribution is -2.48. The summed E-state index contributed by atoms with van der Waals surface area (Å²) in [4.78, 5) is 27.6. The summed E-state index contributed by atoms with van der Waals surface area (Å²) in [5.41, 5.74) is 3.44. The molecule has 0 bridgehead atoms. The van der Waals surface area contributed by atoms with Crippen molar-refractivity contribution in [3.63, 3.8) is 0 Å². The number of aryl methyl sites for hydroxylation is 1. The van der Waals surface area contributed by atoms with Crippen LogP contribution >= 0.6 is 0 Å². The molecule has 1 aliphatic carbocycles. The third kappa shape index (κ3) is 5.04. The van der Waals surface area contributed by atoms with E-state index < -0.39 is 29.8 Å². The maximum atomic E-state index is 13.5. The molecule has 3 aromatic rings. The predicted octanol–water partition coefficient (Wildman–Crippen LogP) is 3.85. The van der Waals surface area contributed by atoms with Crippen LogP contribution in [0.4, 0.5) is 13.2 Å². The molecule has 0 radical (unpaired) electrons. The van der Waals surface area contributed by atoms with Gasteiger partial charge in [-0.3, -0.25) is 14.3 Å². The van der Waals surface area contributed by atoms with E-state index in [1.54, 1.807) is 30.3 Å². The van der Waals surface area contributed by atoms with E-state index >= 15 is 0 Å². The van der Waals surface area contributed by atoms with Gasteiger partial charge in [-0.1, -0.05) is 35.5 Å². The van der Waals surface area contributed by atoms with Crippen LogP contribution in [0.5, 0.6) is 5.75 Å². The third-order valence-corrected chi connectivity index (χ3v) is 6.81. The van der Waals surface area contributed by atoms with E-state index in [-0.39, 0.29) is 31.0 Å². The Labute approximate surface area is 209 Å². The fourth-order valence-corrected chi connectivity index (χ4v) is 5.09. The van der Waals surface area contributed by atoms with Crippen LogP contribution < -0.4 is 15.8 Å². The second-order valence-corrected chi connectivity index (χ2v) is 9.25. The summed E-state index contributed by atoms with van der Waals surface area (Å²) in [6, 6.07) is 12.5. The summed E-state index contributed by atoms with van der Waals surface area (Å²) in [6.07, 6.45) is -3.60. The molecular weight excluding hydrogens is 491 g/mol. The van der Waals surface area contributed by atoms with E-state index in [1.807, 2.05) is 12.1 Å². The summed E-state index contributed by atoms with van der Waals surface area (Å²) in [6.45, 7) is -0.169. The molecule has 194 valence electrons. The molecule has 11 heteroatoms. The van der Waals surface area contributed by atoms with Crippen molar-refractivity contribution < 1.29 is 32.3 Å². The Hall–Kier alpha value is -3.86. The maximum absolute atomic E-state index is 13.5. The highest BCUT2D eigenvalue weighted by atomic mass is 19.4. The van der Waals surface area contributed by atoms with Gasteiger partial charge in [-0.25, -0.2) is 4.79 Å². The SMILES string of the molecule is O=C1N[C@@]2(CCc3cc(OCCCC(F)(F)F)ccc32)CC(c2ccc(CO)cc2)=C1c1noc(=O)[nH]1. The first-order chi connectivity index (χ1) is 17.7. The van der Waals surface area contributed by atoms with Crippen LogP contribution in [0.25, 0.3) is 11.1 Å². The molecule has 0 unspecified atom stereocenters. The van der Waals surface area contributed by atoms with E-state index in [1.165, 1.54) is 0 Å². The van der Waals surface area contributed by atoms with Gasteiger partial charge in [0.25, 0.3) is 5.91 Å². The minimum atomic E-state index is -4.21. The van der Waals surface area contributed by atoms with E-state index in [2.05, 4.69) is 20.0 Å². The number of hydrogen-bond acceptors (Lipinski definition) is 6. The van der Waals surface area contributed by atoms with E-state index in [4.69, 9.17) is 4.74 Å². The third-order valence-electron chi connectivity index (χ3n) is 6.81. The Morgan fingerprint density at radius 3 is 2.59 bits per heavy atom. The number of aromatic amines is 1. The lowest BCUT2D eigenvalue weighted by molar-refractivity contribution is -0.136. The molecule has 1 aliphatic heterocycles. The standard InChI is InChI=1S/C26H24F3N3O5/c27-26(28,29)9-1-11-36-18-6-7-20-17(12-18)8-10-25(20)13-19(16-4-2-15(14-33)3-5-16)21(23(34)31-25)22-30-24(35)37-32-22/h2-7,12,33H,1,8-11,13-14H2,(H,31,34)(H,30,32,35)/t25-/m0/s1.